The molecule has 1 aromatic carbocycles. The van der Waals surface area contributed by atoms with Gasteiger partial charge in [0.2, 0.25) is 11.8 Å². The van der Waals surface area contributed by atoms with Crippen molar-refractivity contribution in [2.75, 3.05) is 18.5 Å². The molecule has 0 heterocycles. The molecule has 0 saturated heterocycles. The second kappa shape index (κ2) is 9.29. The first-order chi connectivity index (χ1) is 11.3. The molecule has 0 aromatic heterocycles. The fourth-order valence-electron chi connectivity index (χ4n) is 1.74. The highest BCUT2D eigenvalue weighted by Crippen LogP contribution is 2.11. The number of carbonyl (C=O) groups excluding carboxylic acids is 4. The van der Waals surface area contributed by atoms with Crippen LogP contribution in [0, 0.1) is 0 Å². The van der Waals surface area contributed by atoms with Crippen molar-refractivity contribution in [2.45, 2.75) is 26.8 Å². The number of rotatable bonds is 7. The van der Waals surface area contributed by atoms with Gasteiger partial charge in [-0.2, -0.15) is 0 Å². The highest BCUT2D eigenvalue weighted by Gasteiger charge is 2.12. The quantitative estimate of drug-likeness (QED) is 0.626. The van der Waals surface area contributed by atoms with E-state index in [1.165, 1.54) is 19.1 Å². The van der Waals surface area contributed by atoms with E-state index in [2.05, 4.69) is 16.0 Å². The van der Waals surface area contributed by atoms with Crippen LogP contribution in [0.3, 0.4) is 0 Å². The predicted molar refractivity (Wildman–Crippen MR) is 87.3 cm³/mol. The molecule has 8 nitrogen and oxygen atoms in total. The van der Waals surface area contributed by atoms with Gasteiger partial charge in [0.15, 0.2) is 6.61 Å². The number of esters is 1. The van der Waals surface area contributed by atoms with E-state index in [4.69, 9.17) is 4.74 Å². The zero-order valence-corrected chi connectivity index (χ0v) is 13.8. The lowest BCUT2D eigenvalue weighted by atomic mass is 10.2. The van der Waals surface area contributed by atoms with Gasteiger partial charge in [0, 0.05) is 18.7 Å². The molecule has 0 aliphatic rings. The fraction of sp³-hybridized carbons (Fsp3) is 0.375. The van der Waals surface area contributed by atoms with Crippen molar-refractivity contribution in [1.82, 2.24) is 10.6 Å². The highest BCUT2D eigenvalue weighted by atomic mass is 16.5. The summed E-state index contributed by atoms with van der Waals surface area (Å²) in [5.74, 6) is -1.88. The maximum absolute atomic E-state index is 11.9. The van der Waals surface area contributed by atoms with Gasteiger partial charge in [-0.1, -0.05) is 6.07 Å². The first kappa shape index (κ1) is 19.1. The lowest BCUT2D eigenvalue weighted by molar-refractivity contribution is -0.128. The van der Waals surface area contributed by atoms with E-state index in [9.17, 15) is 19.2 Å². The predicted octanol–water partition coefficient (Wildman–Crippen LogP) is 0.443. The Morgan fingerprint density at radius 3 is 2.46 bits per heavy atom. The number of hydrogen-bond acceptors (Lipinski definition) is 5. The zero-order chi connectivity index (χ0) is 18.1. The average Bonchev–Trinajstić information content (AvgIpc) is 2.49. The van der Waals surface area contributed by atoms with E-state index < -0.39 is 18.5 Å². The largest absolute Gasteiger partial charge is 0.452 e. The summed E-state index contributed by atoms with van der Waals surface area (Å²) >= 11 is 0. The number of carbonyl (C=O) groups is 4. The standard InChI is InChI=1S/C16H21N3O5/c1-10(2)18-14(21)8-17-15(22)9-24-16(23)12-5-4-6-13(7-12)19-11(3)20/h4-7,10H,8-9H2,1-3H3,(H,17,22)(H,18,21)(H,19,20). The molecule has 130 valence electrons. The van der Waals surface area contributed by atoms with E-state index in [-0.39, 0.29) is 30.0 Å². The van der Waals surface area contributed by atoms with Crippen molar-refractivity contribution < 1.29 is 23.9 Å². The van der Waals surface area contributed by atoms with Crippen LogP contribution in [0.25, 0.3) is 0 Å². The molecule has 0 atom stereocenters. The van der Waals surface area contributed by atoms with E-state index >= 15 is 0 Å². The minimum absolute atomic E-state index is 0.0249. The fourth-order valence-corrected chi connectivity index (χ4v) is 1.74. The summed E-state index contributed by atoms with van der Waals surface area (Å²) in [4.78, 5) is 45.8. The maximum atomic E-state index is 11.9. The van der Waals surface area contributed by atoms with Crippen LogP contribution in [0.1, 0.15) is 31.1 Å². The molecule has 8 heteroatoms. The Kier molecular flexibility index (Phi) is 7.41. The van der Waals surface area contributed by atoms with Crippen LogP contribution in [-0.2, 0) is 19.1 Å². The summed E-state index contributed by atoms with van der Waals surface area (Å²) in [7, 11) is 0. The van der Waals surface area contributed by atoms with E-state index in [0.717, 1.165) is 0 Å². The third kappa shape index (κ3) is 7.39. The summed E-state index contributed by atoms with van der Waals surface area (Å²) in [5, 5.41) is 7.50. The second-order valence-corrected chi connectivity index (χ2v) is 5.34. The van der Waals surface area contributed by atoms with Gasteiger partial charge in [0.1, 0.15) is 0 Å². The summed E-state index contributed by atoms with van der Waals surface area (Å²) in [6.45, 7) is 4.27. The second-order valence-electron chi connectivity index (χ2n) is 5.34. The van der Waals surface area contributed by atoms with E-state index in [0.29, 0.717) is 5.69 Å². The normalized spacial score (nSPS) is 10.0. The van der Waals surface area contributed by atoms with E-state index in [1.54, 1.807) is 26.0 Å². The number of benzene rings is 1. The van der Waals surface area contributed by atoms with E-state index in [1.807, 2.05) is 0 Å². The molecule has 0 aliphatic heterocycles. The first-order valence-electron chi connectivity index (χ1n) is 7.38. The topological polar surface area (TPSA) is 114 Å². The Bertz CT molecular complexity index is 628. The summed E-state index contributed by atoms with van der Waals surface area (Å²) in [6.07, 6.45) is 0. The highest BCUT2D eigenvalue weighted by molar-refractivity contribution is 5.95. The molecule has 0 bridgehead atoms. The van der Waals surface area contributed by atoms with Gasteiger partial charge in [-0.3, -0.25) is 14.4 Å². The molecule has 0 fully saturated rings. The monoisotopic (exact) mass is 335 g/mol. The van der Waals surface area contributed by atoms with Gasteiger partial charge in [-0.05, 0) is 32.0 Å². The third-order valence-electron chi connectivity index (χ3n) is 2.65. The van der Waals surface area contributed by atoms with Crippen LogP contribution in [-0.4, -0.2) is 42.9 Å². The van der Waals surface area contributed by atoms with Crippen LogP contribution < -0.4 is 16.0 Å². The van der Waals surface area contributed by atoms with Crippen molar-refractivity contribution in [2.24, 2.45) is 0 Å². The minimum Gasteiger partial charge on any atom is -0.452 e. The molecule has 24 heavy (non-hydrogen) atoms. The molecule has 3 amide bonds. The molecular formula is C16H21N3O5. The molecule has 0 spiro atoms. The van der Waals surface area contributed by atoms with Gasteiger partial charge in [0.05, 0.1) is 12.1 Å². The van der Waals surface area contributed by atoms with Crippen molar-refractivity contribution in [3.8, 4) is 0 Å². The minimum atomic E-state index is -0.705. The number of hydrogen-bond donors (Lipinski definition) is 3. The molecule has 1 rings (SSSR count). The third-order valence-corrected chi connectivity index (χ3v) is 2.65. The number of amides is 3. The van der Waals surface area contributed by atoms with Gasteiger partial charge in [-0.15, -0.1) is 0 Å². The van der Waals surface area contributed by atoms with Gasteiger partial charge in [0.25, 0.3) is 5.91 Å². The SMILES string of the molecule is CC(=O)Nc1cccc(C(=O)OCC(=O)NCC(=O)NC(C)C)c1. The Labute approximate surface area is 139 Å². The van der Waals surface area contributed by atoms with Crippen molar-refractivity contribution in [3.05, 3.63) is 29.8 Å². The maximum Gasteiger partial charge on any atom is 0.338 e. The Balaban J connectivity index is 2.44. The van der Waals surface area contributed by atoms with Crippen molar-refractivity contribution in [1.29, 1.82) is 0 Å². The van der Waals surface area contributed by atoms with Gasteiger partial charge >= 0.3 is 5.97 Å². The van der Waals surface area contributed by atoms with Crippen LogP contribution in [0.2, 0.25) is 0 Å². The van der Waals surface area contributed by atoms with Crippen LogP contribution >= 0.6 is 0 Å². The molecule has 3 N–H and O–H groups in total. The van der Waals surface area contributed by atoms with Crippen molar-refractivity contribution in [3.63, 3.8) is 0 Å². The summed E-state index contributed by atoms with van der Waals surface area (Å²) in [6, 6.07) is 6.12. The Morgan fingerprint density at radius 2 is 1.83 bits per heavy atom. The Hall–Kier alpha value is -2.90. The molecule has 1 aromatic rings. The molecule has 0 radical (unpaired) electrons. The molecule has 0 aliphatic carbocycles. The Morgan fingerprint density at radius 1 is 1.12 bits per heavy atom. The van der Waals surface area contributed by atoms with Crippen LogP contribution in [0.4, 0.5) is 5.69 Å². The van der Waals surface area contributed by atoms with Crippen LogP contribution in [0.5, 0.6) is 0 Å². The smallest absolute Gasteiger partial charge is 0.338 e. The van der Waals surface area contributed by atoms with Gasteiger partial charge < -0.3 is 20.7 Å². The molecule has 0 saturated carbocycles. The van der Waals surface area contributed by atoms with Gasteiger partial charge in [-0.25, -0.2) is 4.79 Å². The number of nitrogens with one attached hydrogen (secondary N) is 3. The van der Waals surface area contributed by atoms with Crippen molar-refractivity contribution >= 4 is 29.4 Å². The number of anilines is 1. The zero-order valence-electron chi connectivity index (χ0n) is 13.8. The average molecular weight is 335 g/mol. The summed E-state index contributed by atoms with van der Waals surface area (Å²) < 4.78 is 4.87. The summed E-state index contributed by atoms with van der Waals surface area (Å²) in [5.41, 5.74) is 0.651. The molecule has 0 unspecified atom stereocenters. The first-order valence-corrected chi connectivity index (χ1v) is 7.38. The van der Waals surface area contributed by atoms with Crippen LogP contribution in [0.15, 0.2) is 24.3 Å². The lowest BCUT2D eigenvalue weighted by Crippen LogP contribution is -2.41. The number of ether oxygens (including phenoxy) is 1. The molecular weight excluding hydrogens is 314 g/mol. The lowest BCUT2D eigenvalue weighted by Gasteiger charge is -2.10.